The summed E-state index contributed by atoms with van der Waals surface area (Å²) >= 11 is 0. The second-order valence-electron chi connectivity index (χ2n) is 12.9. The highest BCUT2D eigenvalue weighted by atomic mass is 15.0. The Balaban J connectivity index is 1.07. The minimum absolute atomic E-state index is 0.642. The van der Waals surface area contributed by atoms with Crippen LogP contribution in [0.15, 0.2) is 188 Å². The molecule has 5 nitrogen and oxygen atoms in total. The van der Waals surface area contributed by atoms with Crippen LogP contribution in [0.5, 0.6) is 0 Å². The first kappa shape index (κ1) is 29.8. The van der Waals surface area contributed by atoms with Crippen molar-refractivity contribution in [3.63, 3.8) is 0 Å². The highest BCUT2D eigenvalue weighted by Crippen LogP contribution is 2.38. The molecule has 0 aliphatic carbocycles. The summed E-state index contributed by atoms with van der Waals surface area (Å²) in [6.07, 6.45) is 2.18. The zero-order valence-electron chi connectivity index (χ0n) is 28.1. The summed E-state index contributed by atoms with van der Waals surface area (Å²) in [5.74, 6) is 1.94. The zero-order chi connectivity index (χ0) is 34.4. The fourth-order valence-electron chi connectivity index (χ4n) is 7.34. The molecule has 3 heterocycles. The summed E-state index contributed by atoms with van der Waals surface area (Å²) in [6.45, 7) is 0. The normalized spacial score (nSPS) is 11.5. The minimum atomic E-state index is 0.642. The van der Waals surface area contributed by atoms with Crippen molar-refractivity contribution in [1.82, 2.24) is 24.1 Å². The van der Waals surface area contributed by atoms with E-state index in [4.69, 9.17) is 15.0 Å². The molecule has 0 aliphatic heterocycles. The van der Waals surface area contributed by atoms with Crippen molar-refractivity contribution in [3.05, 3.63) is 188 Å². The summed E-state index contributed by atoms with van der Waals surface area (Å²) in [5.41, 5.74) is 10.9. The SMILES string of the molecule is c1ccc(-c2nc(-c3ccccc3)nc(-c3cccc(-c4ccc(-n5c6ccccc6c6ccc7c(ccn7-c7ccccc7)c65)cc4)c3)n2)cc1. The van der Waals surface area contributed by atoms with Crippen LogP contribution in [0.2, 0.25) is 0 Å². The third-order valence-corrected chi connectivity index (χ3v) is 9.82. The molecule has 0 unspecified atom stereocenters. The zero-order valence-corrected chi connectivity index (χ0v) is 28.1. The summed E-state index contributed by atoms with van der Waals surface area (Å²) < 4.78 is 4.68. The van der Waals surface area contributed by atoms with Gasteiger partial charge in [-0.25, -0.2) is 15.0 Å². The molecule has 244 valence electrons. The molecule has 0 aliphatic rings. The van der Waals surface area contributed by atoms with Gasteiger partial charge in [0.25, 0.3) is 0 Å². The Bertz CT molecular complexity index is 2810. The molecule has 0 saturated heterocycles. The lowest BCUT2D eigenvalue weighted by atomic mass is 10.0. The van der Waals surface area contributed by atoms with Crippen LogP contribution in [0.25, 0.3) is 89.4 Å². The van der Waals surface area contributed by atoms with E-state index < -0.39 is 0 Å². The maximum atomic E-state index is 4.96. The molecule has 0 amide bonds. The number of hydrogen-bond acceptors (Lipinski definition) is 3. The first-order valence-corrected chi connectivity index (χ1v) is 17.5. The number of hydrogen-bond donors (Lipinski definition) is 0. The maximum Gasteiger partial charge on any atom is 0.164 e. The van der Waals surface area contributed by atoms with Gasteiger partial charge in [0.05, 0.1) is 16.6 Å². The molecule has 52 heavy (non-hydrogen) atoms. The van der Waals surface area contributed by atoms with Gasteiger partial charge in [-0.3, -0.25) is 0 Å². The standard InChI is InChI=1S/C47H31N5/c1-4-13-33(14-5-1)45-48-46(34-15-6-2-7-16-34)50-47(49-45)36-18-12-17-35(31-36)32-23-25-38(26-24-32)52-43-22-11-10-21-39(43)40-27-28-42-41(44(40)52)29-30-51(42)37-19-8-3-9-20-37/h1-31H. The maximum absolute atomic E-state index is 4.96. The molecule has 0 saturated carbocycles. The number of nitrogens with zero attached hydrogens (tertiary/aromatic N) is 5. The summed E-state index contributed by atoms with van der Waals surface area (Å²) in [6, 6.07) is 63.5. The second kappa shape index (κ2) is 12.3. The smallest absolute Gasteiger partial charge is 0.164 e. The van der Waals surface area contributed by atoms with E-state index in [2.05, 4.69) is 137 Å². The van der Waals surface area contributed by atoms with Gasteiger partial charge >= 0.3 is 0 Å². The van der Waals surface area contributed by atoms with Crippen LogP contribution in [-0.2, 0) is 0 Å². The first-order valence-electron chi connectivity index (χ1n) is 17.5. The van der Waals surface area contributed by atoms with Crippen molar-refractivity contribution < 1.29 is 0 Å². The summed E-state index contributed by atoms with van der Waals surface area (Å²) in [5, 5.41) is 3.70. The van der Waals surface area contributed by atoms with Gasteiger partial charge < -0.3 is 9.13 Å². The largest absolute Gasteiger partial charge is 0.316 e. The van der Waals surface area contributed by atoms with Crippen LogP contribution in [0.1, 0.15) is 0 Å². The Kier molecular flexibility index (Phi) is 7.07. The first-order chi connectivity index (χ1) is 25.8. The van der Waals surface area contributed by atoms with Gasteiger partial charge in [0, 0.05) is 50.4 Å². The fraction of sp³-hybridized carbons (Fsp3) is 0. The number of fused-ring (bicyclic) bond motifs is 5. The van der Waals surface area contributed by atoms with Gasteiger partial charge in [0.1, 0.15) is 0 Å². The lowest BCUT2D eigenvalue weighted by molar-refractivity contribution is 1.07. The third kappa shape index (κ3) is 5.07. The van der Waals surface area contributed by atoms with Crippen LogP contribution in [0, 0.1) is 0 Å². The van der Waals surface area contributed by atoms with E-state index in [1.807, 2.05) is 60.7 Å². The molecule has 7 aromatic carbocycles. The van der Waals surface area contributed by atoms with Gasteiger partial charge in [-0.2, -0.15) is 0 Å². The quantitative estimate of drug-likeness (QED) is 0.178. The molecule has 0 bridgehead atoms. The Morgan fingerprint density at radius 1 is 0.327 bits per heavy atom. The van der Waals surface area contributed by atoms with Gasteiger partial charge in [-0.1, -0.05) is 133 Å². The summed E-state index contributed by atoms with van der Waals surface area (Å²) in [4.78, 5) is 14.8. The number of para-hydroxylation sites is 2. The Morgan fingerprint density at radius 3 is 1.60 bits per heavy atom. The predicted octanol–water partition coefficient (Wildman–Crippen LogP) is 11.6. The Labute approximate surface area is 300 Å². The molecule has 10 rings (SSSR count). The van der Waals surface area contributed by atoms with Gasteiger partial charge in [0.2, 0.25) is 0 Å². The van der Waals surface area contributed by atoms with Crippen LogP contribution >= 0.6 is 0 Å². The number of benzene rings is 7. The van der Waals surface area contributed by atoms with E-state index in [1.54, 1.807) is 0 Å². The number of aromatic nitrogens is 5. The highest BCUT2D eigenvalue weighted by Gasteiger charge is 2.17. The van der Waals surface area contributed by atoms with Crippen molar-refractivity contribution in [2.75, 3.05) is 0 Å². The fourth-order valence-corrected chi connectivity index (χ4v) is 7.34. The predicted molar refractivity (Wildman–Crippen MR) is 213 cm³/mol. The molecule has 0 spiro atoms. The summed E-state index contributed by atoms with van der Waals surface area (Å²) in [7, 11) is 0. The molecular weight excluding hydrogens is 635 g/mol. The molecule has 10 aromatic rings. The highest BCUT2D eigenvalue weighted by molar-refractivity contribution is 6.18. The van der Waals surface area contributed by atoms with E-state index in [0.717, 1.165) is 39.2 Å². The monoisotopic (exact) mass is 665 g/mol. The second-order valence-corrected chi connectivity index (χ2v) is 12.9. The van der Waals surface area contributed by atoms with E-state index >= 15 is 0 Å². The van der Waals surface area contributed by atoms with E-state index in [9.17, 15) is 0 Å². The minimum Gasteiger partial charge on any atom is -0.316 e. The molecule has 5 heteroatoms. The van der Waals surface area contributed by atoms with Crippen molar-refractivity contribution in [2.45, 2.75) is 0 Å². The van der Waals surface area contributed by atoms with Gasteiger partial charge in [0.15, 0.2) is 17.5 Å². The Hall–Kier alpha value is -7.11. The van der Waals surface area contributed by atoms with Crippen LogP contribution in [0.3, 0.4) is 0 Å². The lowest BCUT2D eigenvalue weighted by Crippen LogP contribution is -2.00. The van der Waals surface area contributed by atoms with Crippen LogP contribution in [0.4, 0.5) is 0 Å². The third-order valence-electron chi connectivity index (χ3n) is 9.82. The Morgan fingerprint density at radius 2 is 0.904 bits per heavy atom. The molecule has 3 aromatic heterocycles. The van der Waals surface area contributed by atoms with Crippen LogP contribution in [-0.4, -0.2) is 24.1 Å². The van der Waals surface area contributed by atoms with E-state index in [1.165, 1.54) is 32.7 Å². The lowest BCUT2D eigenvalue weighted by Gasteiger charge is -2.12. The molecule has 0 N–H and O–H groups in total. The molecule has 0 atom stereocenters. The van der Waals surface area contributed by atoms with Crippen molar-refractivity contribution in [1.29, 1.82) is 0 Å². The van der Waals surface area contributed by atoms with Gasteiger partial charge in [-0.15, -0.1) is 0 Å². The molecule has 0 fully saturated rings. The van der Waals surface area contributed by atoms with E-state index in [0.29, 0.717) is 17.5 Å². The van der Waals surface area contributed by atoms with Gasteiger partial charge in [-0.05, 0) is 59.7 Å². The van der Waals surface area contributed by atoms with Crippen molar-refractivity contribution >= 4 is 32.7 Å². The van der Waals surface area contributed by atoms with Crippen molar-refractivity contribution in [2.24, 2.45) is 0 Å². The van der Waals surface area contributed by atoms with Crippen molar-refractivity contribution in [3.8, 4) is 56.7 Å². The average Bonchev–Trinajstić information content (AvgIpc) is 3.82. The topological polar surface area (TPSA) is 48.5 Å². The number of rotatable bonds is 6. The molecular formula is C47H31N5. The average molecular weight is 666 g/mol. The van der Waals surface area contributed by atoms with Crippen LogP contribution < -0.4 is 0 Å². The molecule has 0 radical (unpaired) electrons. The van der Waals surface area contributed by atoms with E-state index in [-0.39, 0.29) is 0 Å².